The number of anilines is 3. The van der Waals surface area contributed by atoms with Crippen LogP contribution >= 0.6 is 11.6 Å². The van der Waals surface area contributed by atoms with Gasteiger partial charge in [-0.3, -0.25) is 0 Å². The predicted molar refractivity (Wildman–Crippen MR) is 107 cm³/mol. The fourth-order valence-electron chi connectivity index (χ4n) is 2.64. The van der Waals surface area contributed by atoms with Gasteiger partial charge < -0.3 is 15.0 Å². The Morgan fingerprint density at radius 1 is 1.08 bits per heavy atom. The molecule has 0 fully saturated rings. The Balaban J connectivity index is 1.80. The number of hydrogen-bond donors (Lipinski definition) is 1. The maximum atomic E-state index is 6.19. The standard InChI is InChI=1S/C20H21ClN4O/c1-14-22-19(24-16-9-10-18(26-3)17(21)11-16)12-20(23-14)25(2)13-15-7-5-4-6-8-15/h4-12H,13H2,1-3H3,(H,22,23,24). The van der Waals surface area contributed by atoms with Gasteiger partial charge in [0.1, 0.15) is 23.2 Å². The summed E-state index contributed by atoms with van der Waals surface area (Å²) in [5.41, 5.74) is 2.06. The summed E-state index contributed by atoms with van der Waals surface area (Å²) in [6.45, 7) is 2.65. The number of nitrogens with zero attached hydrogens (tertiary/aromatic N) is 3. The number of nitrogens with one attached hydrogen (secondary N) is 1. The molecule has 134 valence electrons. The Kier molecular flexibility index (Phi) is 5.58. The zero-order chi connectivity index (χ0) is 18.5. The summed E-state index contributed by atoms with van der Waals surface area (Å²) in [5, 5.41) is 3.82. The zero-order valence-corrected chi connectivity index (χ0v) is 15.8. The van der Waals surface area contributed by atoms with Crippen LogP contribution in [0.1, 0.15) is 11.4 Å². The highest BCUT2D eigenvalue weighted by Crippen LogP contribution is 2.29. The molecule has 0 aliphatic rings. The number of ether oxygens (including phenoxy) is 1. The number of hydrogen-bond acceptors (Lipinski definition) is 5. The van der Waals surface area contributed by atoms with Gasteiger partial charge in [0, 0.05) is 25.3 Å². The normalized spacial score (nSPS) is 10.5. The number of aryl methyl sites for hydroxylation is 1. The number of benzene rings is 2. The molecule has 0 saturated carbocycles. The van der Waals surface area contributed by atoms with E-state index in [2.05, 4.69) is 32.3 Å². The highest BCUT2D eigenvalue weighted by atomic mass is 35.5. The molecule has 1 N–H and O–H groups in total. The molecule has 0 atom stereocenters. The molecule has 0 aliphatic heterocycles. The van der Waals surface area contributed by atoms with Crippen molar-refractivity contribution in [1.29, 1.82) is 0 Å². The lowest BCUT2D eigenvalue weighted by atomic mass is 10.2. The second kappa shape index (κ2) is 8.06. The van der Waals surface area contributed by atoms with E-state index in [9.17, 15) is 0 Å². The van der Waals surface area contributed by atoms with Crippen LogP contribution in [-0.4, -0.2) is 24.1 Å². The monoisotopic (exact) mass is 368 g/mol. The van der Waals surface area contributed by atoms with Gasteiger partial charge in [-0.1, -0.05) is 41.9 Å². The number of halogens is 1. The molecule has 2 aromatic carbocycles. The lowest BCUT2D eigenvalue weighted by Crippen LogP contribution is -2.18. The van der Waals surface area contributed by atoms with Gasteiger partial charge in [0.2, 0.25) is 0 Å². The first-order valence-electron chi connectivity index (χ1n) is 8.26. The lowest BCUT2D eigenvalue weighted by molar-refractivity contribution is 0.415. The van der Waals surface area contributed by atoms with Crippen molar-refractivity contribution in [3.05, 3.63) is 71.0 Å². The Hall–Kier alpha value is -2.79. The van der Waals surface area contributed by atoms with Crippen molar-refractivity contribution < 1.29 is 4.74 Å². The molecule has 0 bridgehead atoms. The first-order valence-corrected chi connectivity index (χ1v) is 8.64. The Morgan fingerprint density at radius 3 is 2.54 bits per heavy atom. The van der Waals surface area contributed by atoms with Crippen LogP contribution in [0.15, 0.2) is 54.6 Å². The smallest absolute Gasteiger partial charge is 0.137 e. The molecule has 0 spiro atoms. The largest absolute Gasteiger partial charge is 0.495 e. The molecule has 0 saturated heterocycles. The second-order valence-corrected chi connectivity index (χ2v) is 6.38. The summed E-state index contributed by atoms with van der Waals surface area (Å²) < 4.78 is 5.18. The Morgan fingerprint density at radius 2 is 1.85 bits per heavy atom. The van der Waals surface area contributed by atoms with Gasteiger partial charge in [-0.15, -0.1) is 0 Å². The summed E-state index contributed by atoms with van der Waals surface area (Å²) in [5.74, 6) is 2.90. The maximum Gasteiger partial charge on any atom is 0.137 e. The topological polar surface area (TPSA) is 50.3 Å². The summed E-state index contributed by atoms with van der Waals surface area (Å²) in [4.78, 5) is 11.1. The van der Waals surface area contributed by atoms with E-state index in [-0.39, 0.29) is 0 Å². The average Bonchev–Trinajstić information content (AvgIpc) is 2.62. The molecule has 6 heteroatoms. The molecule has 5 nitrogen and oxygen atoms in total. The van der Waals surface area contributed by atoms with Crippen LogP contribution in [0.5, 0.6) is 5.75 Å². The van der Waals surface area contributed by atoms with Gasteiger partial charge >= 0.3 is 0 Å². The van der Waals surface area contributed by atoms with E-state index in [1.807, 2.05) is 56.4 Å². The summed E-state index contributed by atoms with van der Waals surface area (Å²) in [6, 6.07) is 17.7. The van der Waals surface area contributed by atoms with Gasteiger partial charge in [0.05, 0.1) is 12.1 Å². The SMILES string of the molecule is COc1ccc(Nc2cc(N(C)Cc3ccccc3)nc(C)n2)cc1Cl. The molecule has 3 rings (SSSR count). The zero-order valence-electron chi connectivity index (χ0n) is 15.0. The molecule has 3 aromatic rings. The number of rotatable bonds is 6. The van der Waals surface area contributed by atoms with E-state index in [0.717, 1.165) is 18.1 Å². The van der Waals surface area contributed by atoms with Gasteiger partial charge in [0.25, 0.3) is 0 Å². The van der Waals surface area contributed by atoms with Crippen molar-refractivity contribution in [3.63, 3.8) is 0 Å². The lowest BCUT2D eigenvalue weighted by Gasteiger charge is -2.19. The van der Waals surface area contributed by atoms with Crippen molar-refractivity contribution in [2.75, 3.05) is 24.4 Å². The third kappa shape index (κ3) is 4.43. The minimum atomic E-state index is 0.546. The Bertz CT molecular complexity index is 886. The van der Waals surface area contributed by atoms with Crippen LogP contribution in [0.4, 0.5) is 17.3 Å². The molecule has 1 heterocycles. The average molecular weight is 369 g/mol. The fraction of sp³-hybridized carbons (Fsp3) is 0.200. The van der Waals surface area contributed by atoms with Crippen molar-refractivity contribution in [2.45, 2.75) is 13.5 Å². The van der Waals surface area contributed by atoms with Gasteiger partial charge in [0.15, 0.2) is 0 Å². The molecule has 1 aromatic heterocycles. The highest BCUT2D eigenvalue weighted by molar-refractivity contribution is 6.32. The van der Waals surface area contributed by atoms with E-state index in [1.165, 1.54) is 5.56 Å². The van der Waals surface area contributed by atoms with Gasteiger partial charge in [-0.05, 0) is 30.7 Å². The van der Waals surface area contributed by atoms with Crippen LogP contribution in [0.3, 0.4) is 0 Å². The molecule has 0 radical (unpaired) electrons. The summed E-state index contributed by atoms with van der Waals surface area (Å²) >= 11 is 6.19. The molecular weight excluding hydrogens is 348 g/mol. The van der Waals surface area contributed by atoms with Crippen LogP contribution < -0.4 is 15.0 Å². The third-order valence-electron chi connectivity index (χ3n) is 3.90. The third-order valence-corrected chi connectivity index (χ3v) is 4.20. The van der Waals surface area contributed by atoms with Crippen LogP contribution in [-0.2, 0) is 6.54 Å². The minimum absolute atomic E-state index is 0.546. The van der Waals surface area contributed by atoms with Crippen molar-refractivity contribution in [3.8, 4) is 5.75 Å². The highest BCUT2D eigenvalue weighted by Gasteiger charge is 2.09. The summed E-state index contributed by atoms with van der Waals surface area (Å²) in [7, 11) is 3.61. The fourth-order valence-corrected chi connectivity index (χ4v) is 2.90. The van der Waals surface area contributed by atoms with Crippen molar-refractivity contribution in [1.82, 2.24) is 9.97 Å². The van der Waals surface area contributed by atoms with Crippen LogP contribution in [0.2, 0.25) is 5.02 Å². The van der Waals surface area contributed by atoms with E-state index in [1.54, 1.807) is 7.11 Å². The van der Waals surface area contributed by atoms with E-state index in [4.69, 9.17) is 16.3 Å². The van der Waals surface area contributed by atoms with E-state index in [0.29, 0.717) is 22.4 Å². The first-order chi connectivity index (χ1) is 12.5. The molecule has 0 unspecified atom stereocenters. The minimum Gasteiger partial charge on any atom is -0.495 e. The van der Waals surface area contributed by atoms with Crippen molar-refractivity contribution in [2.24, 2.45) is 0 Å². The number of methoxy groups -OCH3 is 1. The summed E-state index contributed by atoms with van der Waals surface area (Å²) in [6.07, 6.45) is 0. The quantitative estimate of drug-likeness (QED) is 0.675. The first kappa shape index (κ1) is 18.0. The van der Waals surface area contributed by atoms with E-state index < -0.39 is 0 Å². The maximum absolute atomic E-state index is 6.19. The van der Waals surface area contributed by atoms with Crippen molar-refractivity contribution >= 4 is 28.9 Å². The predicted octanol–water partition coefficient (Wildman–Crippen LogP) is 4.83. The van der Waals surface area contributed by atoms with Crippen LogP contribution in [0, 0.1) is 6.92 Å². The van der Waals surface area contributed by atoms with Crippen LogP contribution in [0.25, 0.3) is 0 Å². The molecular formula is C20H21ClN4O. The second-order valence-electron chi connectivity index (χ2n) is 5.97. The van der Waals surface area contributed by atoms with Gasteiger partial charge in [-0.25, -0.2) is 9.97 Å². The molecule has 0 amide bonds. The number of aromatic nitrogens is 2. The van der Waals surface area contributed by atoms with E-state index >= 15 is 0 Å². The van der Waals surface area contributed by atoms with Gasteiger partial charge in [-0.2, -0.15) is 0 Å². The Labute approximate surface area is 158 Å². The molecule has 0 aliphatic carbocycles. The molecule has 26 heavy (non-hydrogen) atoms.